The first-order valence-corrected chi connectivity index (χ1v) is 11.9. The van der Waals surface area contributed by atoms with Crippen molar-refractivity contribution in [3.8, 4) is 0 Å². The fourth-order valence-corrected chi connectivity index (χ4v) is 7.03. The first-order chi connectivity index (χ1) is 12.2. The molecule has 3 aliphatic carbocycles. The van der Waals surface area contributed by atoms with Gasteiger partial charge in [0.15, 0.2) is 0 Å². The lowest BCUT2D eigenvalue weighted by molar-refractivity contribution is 0.0611. The fraction of sp³-hybridized carbons (Fsp3) is 1.00. The molecular weight excluding hydrogens is 304 g/mol. The van der Waals surface area contributed by atoms with Crippen LogP contribution in [0.15, 0.2) is 0 Å². The fourth-order valence-electron chi connectivity index (χ4n) is 7.03. The van der Waals surface area contributed by atoms with Crippen molar-refractivity contribution < 1.29 is 5.11 Å². The van der Waals surface area contributed by atoms with Gasteiger partial charge in [0.1, 0.15) is 0 Å². The molecule has 0 heterocycles. The maximum atomic E-state index is 9.28. The van der Waals surface area contributed by atoms with Crippen LogP contribution in [0, 0.1) is 41.4 Å². The number of aliphatic hydroxyl groups is 1. The molecule has 0 radical (unpaired) electrons. The van der Waals surface area contributed by atoms with Crippen molar-refractivity contribution in [2.24, 2.45) is 41.4 Å². The van der Waals surface area contributed by atoms with Gasteiger partial charge in [0.05, 0.1) is 0 Å². The summed E-state index contributed by atoms with van der Waals surface area (Å²) >= 11 is 0. The Labute approximate surface area is 157 Å². The molecule has 3 rings (SSSR count). The van der Waals surface area contributed by atoms with Crippen molar-refractivity contribution in [2.75, 3.05) is 6.61 Å². The average Bonchev–Trinajstić information content (AvgIpc) is 2.68. The first kappa shape index (κ1) is 19.7. The van der Waals surface area contributed by atoms with Crippen molar-refractivity contribution in [3.63, 3.8) is 0 Å². The van der Waals surface area contributed by atoms with Crippen LogP contribution in [0.1, 0.15) is 104 Å². The monoisotopic (exact) mass is 348 g/mol. The maximum absolute atomic E-state index is 9.28. The van der Waals surface area contributed by atoms with E-state index in [1.807, 2.05) is 0 Å². The third-order valence-corrected chi connectivity index (χ3v) is 8.77. The van der Waals surface area contributed by atoms with Gasteiger partial charge in [0, 0.05) is 6.61 Å². The Bertz CT molecular complexity index is 362. The summed E-state index contributed by atoms with van der Waals surface area (Å²) in [5, 5.41) is 9.28. The van der Waals surface area contributed by atoms with Gasteiger partial charge in [-0.1, -0.05) is 46.0 Å². The van der Waals surface area contributed by atoms with Crippen LogP contribution in [0.4, 0.5) is 0 Å². The number of rotatable bonds is 6. The van der Waals surface area contributed by atoms with E-state index in [0.717, 1.165) is 47.8 Å². The van der Waals surface area contributed by atoms with Gasteiger partial charge in [-0.25, -0.2) is 0 Å². The highest BCUT2D eigenvalue weighted by molar-refractivity contribution is 4.88. The molecule has 0 spiro atoms. The van der Waals surface area contributed by atoms with Crippen molar-refractivity contribution in [2.45, 2.75) is 104 Å². The van der Waals surface area contributed by atoms with Crippen molar-refractivity contribution in [1.29, 1.82) is 0 Å². The van der Waals surface area contributed by atoms with Crippen LogP contribution < -0.4 is 0 Å². The second-order valence-corrected chi connectivity index (χ2v) is 9.89. The molecule has 0 amide bonds. The summed E-state index contributed by atoms with van der Waals surface area (Å²) < 4.78 is 0. The van der Waals surface area contributed by atoms with Crippen LogP contribution >= 0.6 is 0 Å². The Morgan fingerprint density at radius 1 is 0.640 bits per heavy atom. The van der Waals surface area contributed by atoms with E-state index in [1.165, 1.54) is 70.6 Å². The van der Waals surface area contributed by atoms with E-state index in [9.17, 15) is 5.11 Å². The molecule has 3 fully saturated rings. The van der Waals surface area contributed by atoms with Gasteiger partial charge in [-0.3, -0.25) is 0 Å². The normalized spacial score (nSPS) is 43.1. The smallest absolute Gasteiger partial charge is 0.0433 e. The SMILES string of the molecule is CCC1CCC(C2CCC(C3CCC(CCO)CC3CC)CC2)CC1. The summed E-state index contributed by atoms with van der Waals surface area (Å²) in [6, 6.07) is 0. The van der Waals surface area contributed by atoms with Gasteiger partial charge in [-0.2, -0.15) is 0 Å². The molecule has 3 atom stereocenters. The van der Waals surface area contributed by atoms with Crippen LogP contribution in [-0.2, 0) is 0 Å². The third-order valence-electron chi connectivity index (χ3n) is 8.77. The molecule has 3 saturated carbocycles. The Hall–Kier alpha value is -0.0400. The molecule has 25 heavy (non-hydrogen) atoms. The molecule has 1 N–H and O–H groups in total. The van der Waals surface area contributed by atoms with Crippen LogP contribution in [0.3, 0.4) is 0 Å². The summed E-state index contributed by atoms with van der Waals surface area (Å²) in [5.41, 5.74) is 0. The Kier molecular flexibility index (Phi) is 7.70. The molecule has 1 heteroatoms. The van der Waals surface area contributed by atoms with Crippen LogP contribution in [0.5, 0.6) is 0 Å². The summed E-state index contributed by atoms with van der Waals surface area (Å²) in [6.45, 7) is 5.20. The van der Waals surface area contributed by atoms with Gasteiger partial charge >= 0.3 is 0 Å². The lowest BCUT2D eigenvalue weighted by Gasteiger charge is -2.44. The Morgan fingerprint density at radius 2 is 1.20 bits per heavy atom. The van der Waals surface area contributed by atoms with Crippen molar-refractivity contribution >= 4 is 0 Å². The molecule has 1 nitrogen and oxygen atoms in total. The summed E-state index contributed by atoms with van der Waals surface area (Å²) in [5.74, 6) is 7.00. The molecule has 146 valence electrons. The highest BCUT2D eigenvalue weighted by atomic mass is 16.3. The molecule has 0 aromatic rings. The average molecular weight is 349 g/mol. The van der Waals surface area contributed by atoms with Crippen LogP contribution in [0.25, 0.3) is 0 Å². The molecule has 0 aliphatic heterocycles. The van der Waals surface area contributed by atoms with E-state index in [1.54, 1.807) is 12.8 Å². The molecule has 0 bridgehead atoms. The summed E-state index contributed by atoms with van der Waals surface area (Å²) in [6.07, 6.45) is 20.4. The molecule has 3 aliphatic rings. The number of hydrogen-bond donors (Lipinski definition) is 1. The maximum Gasteiger partial charge on any atom is 0.0433 e. The van der Waals surface area contributed by atoms with Gasteiger partial charge in [-0.05, 0) is 99.2 Å². The van der Waals surface area contributed by atoms with Crippen molar-refractivity contribution in [3.05, 3.63) is 0 Å². The van der Waals surface area contributed by atoms with Gasteiger partial charge < -0.3 is 5.11 Å². The lowest BCUT2D eigenvalue weighted by atomic mass is 9.61. The van der Waals surface area contributed by atoms with E-state index in [2.05, 4.69) is 13.8 Å². The Morgan fingerprint density at radius 3 is 1.76 bits per heavy atom. The molecule has 0 aromatic heterocycles. The molecule has 3 unspecified atom stereocenters. The summed E-state index contributed by atoms with van der Waals surface area (Å²) in [4.78, 5) is 0. The predicted molar refractivity (Wildman–Crippen MR) is 108 cm³/mol. The number of aliphatic hydroxyl groups excluding tert-OH is 1. The standard InChI is InChI=1S/C24H44O/c1-3-18-5-8-21(9-6-18)22-10-12-23(13-11-22)24-14-7-19(15-16-25)17-20(24)4-2/h18-25H,3-17H2,1-2H3. The highest BCUT2D eigenvalue weighted by Gasteiger charge is 2.37. The zero-order valence-corrected chi connectivity index (χ0v) is 17.1. The largest absolute Gasteiger partial charge is 0.396 e. The van der Waals surface area contributed by atoms with Gasteiger partial charge in [-0.15, -0.1) is 0 Å². The van der Waals surface area contributed by atoms with Gasteiger partial charge in [0.2, 0.25) is 0 Å². The van der Waals surface area contributed by atoms with E-state index in [0.29, 0.717) is 6.61 Å². The lowest BCUT2D eigenvalue weighted by Crippen LogP contribution is -2.34. The minimum atomic E-state index is 0.400. The summed E-state index contributed by atoms with van der Waals surface area (Å²) in [7, 11) is 0. The van der Waals surface area contributed by atoms with E-state index >= 15 is 0 Å². The zero-order chi connectivity index (χ0) is 17.6. The molecule has 0 aromatic carbocycles. The van der Waals surface area contributed by atoms with E-state index < -0.39 is 0 Å². The second-order valence-electron chi connectivity index (χ2n) is 9.89. The first-order valence-electron chi connectivity index (χ1n) is 11.9. The van der Waals surface area contributed by atoms with Crippen LogP contribution in [0.2, 0.25) is 0 Å². The van der Waals surface area contributed by atoms with E-state index in [-0.39, 0.29) is 0 Å². The Balaban J connectivity index is 1.45. The third kappa shape index (κ3) is 5.02. The number of hydrogen-bond acceptors (Lipinski definition) is 1. The van der Waals surface area contributed by atoms with Gasteiger partial charge in [0.25, 0.3) is 0 Å². The topological polar surface area (TPSA) is 20.2 Å². The quantitative estimate of drug-likeness (QED) is 0.557. The minimum absolute atomic E-state index is 0.400. The van der Waals surface area contributed by atoms with Crippen LogP contribution in [-0.4, -0.2) is 11.7 Å². The molecular formula is C24H44O. The predicted octanol–water partition coefficient (Wildman–Crippen LogP) is 6.83. The second kappa shape index (κ2) is 9.77. The highest BCUT2D eigenvalue weighted by Crippen LogP contribution is 2.48. The van der Waals surface area contributed by atoms with E-state index in [4.69, 9.17) is 0 Å². The van der Waals surface area contributed by atoms with Crippen molar-refractivity contribution in [1.82, 2.24) is 0 Å². The zero-order valence-electron chi connectivity index (χ0n) is 17.1. The molecule has 0 saturated heterocycles. The minimum Gasteiger partial charge on any atom is -0.396 e.